The van der Waals surface area contributed by atoms with E-state index in [-0.39, 0.29) is 15.0 Å². The van der Waals surface area contributed by atoms with Crippen molar-refractivity contribution in [2.24, 2.45) is 5.73 Å². The summed E-state index contributed by atoms with van der Waals surface area (Å²) in [6.45, 7) is 28.5. The van der Waals surface area contributed by atoms with Crippen LogP contribution in [0.15, 0.2) is 74.9 Å². The summed E-state index contributed by atoms with van der Waals surface area (Å²) in [5.41, 5.74) is 9.46. The number of rotatable bonds is 15. The Bertz CT molecular complexity index is 1270. The first-order valence-electron chi connectivity index (χ1n) is 14.1. The maximum absolute atomic E-state index is 10.5. The monoisotopic (exact) mass is 567 g/mol. The molecule has 0 saturated carbocycles. The number of aliphatic hydroxyl groups is 2. The molecule has 2 aromatic rings. The van der Waals surface area contributed by atoms with Crippen LogP contribution in [0.5, 0.6) is 0 Å². The van der Waals surface area contributed by atoms with Gasteiger partial charge in [-0.15, -0.1) is 0 Å². The molecule has 0 bridgehead atoms. The van der Waals surface area contributed by atoms with Crippen molar-refractivity contribution in [2.75, 3.05) is 0 Å². The van der Waals surface area contributed by atoms with Crippen LogP contribution in [0.25, 0.3) is 35.4 Å². The van der Waals surface area contributed by atoms with Crippen LogP contribution >= 0.6 is 0 Å². The minimum absolute atomic E-state index is 0.0173. The minimum atomic E-state index is -1.30. The third-order valence-corrected chi connectivity index (χ3v) is 6.74. The average molecular weight is 567 g/mol. The van der Waals surface area contributed by atoms with Crippen molar-refractivity contribution in [1.82, 2.24) is 0 Å². The van der Waals surface area contributed by atoms with E-state index in [1.165, 1.54) is 0 Å². The molecule has 0 radical (unpaired) electrons. The summed E-state index contributed by atoms with van der Waals surface area (Å²) in [5.74, 6) is 0. The van der Waals surface area contributed by atoms with Gasteiger partial charge in [-0.25, -0.2) is 0 Å². The molecule has 2 aromatic carbocycles. The lowest BCUT2D eigenvalue weighted by Crippen LogP contribution is -2.43. The van der Waals surface area contributed by atoms with Gasteiger partial charge in [-0.2, -0.15) is 0 Å². The van der Waals surface area contributed by atoms with E-state index < -0.39 is 22.3 Å². The second kappa shape index (κ2) is 13.9. The van der Waals surface area contributed by atoms with Crippen LogP contribution in [0.2, 0.25) is 0 Å². The fourth-order valence-corrected chi connectivity index (χ4v) is 4.61. The molecule has 1 atom stereocenters. The van der Waals surface area contributed by atoms with E-state index in [2.05, 4.69) is 26.3 Å². The maximum Gasteiger partial charge on any atom is 0.309 e. The molecule has 4 N–H and O–H groups in total. The van der Waals surface area contributed by atoms with Crippen LogP contribution < -0.4 is 5.73 Å². The summed E-state index contributed by atoms with van der Waals surface area (Å²) < 4.78 is 12.6. The minimum Gasteiger partial charge on any atom is -0.428 e. The lowest BCUT2D eigenvalue weighted by atomic mass is 9.74. The van der Waals surface area contributed by atoms with Gasteiger partial charge >= 0.3 is 15.0 Å². The lowest BCUT2D eigenvalue weighted by molar-refractivity contribution is 0.0641. The molecule has 0 saturated heterocycles. The van der Waals surface area contributed by atoms with E-state index in [9.17, 15) is 10.2 Å². The summed E-state index contributed by atoms with van der Waals surface area (Å²) >= 11 is 0. The van der Waals surface area contributed by atoms with Gasteiger partial charge in [0.15, 0.2) is 0 Å². The standard InChI is InChI=1S/C35H47B2NO4/c1-12-16-18-26-24(14-3)20-22-28(32(5,6)41-36-33(7,8)39)30(26)31-27(19-17-13-2)25(15-4)21-23-29(31)35(11,38)42-37-34(9,10)40/h12-23,36-37,39-40H,1-4,38H2,5-11H3/b18-16-,19-17-. The SMILES string of the molecule is C=C/C=C\c1c(C=C)ccc(C(C)(C)OBC(C)(C)O)c1-c1c(C(C)(N)OBC(C)(C)O)ccc(C=C)c1/C=C\C=C. The Morgan fingerprint density at radius 2 is 1.07 bits per heavy atom. The topological polar surface area (TPSA) is 84.9 Å². The highest BCUT2D eigenvalue weighted by atomic mass is 16.5. The number of allylic oxidation sites excluding steroid dienone is 4. The van der Waals surface area contributed by atoms with Crippen LogP contribution in [0.4, 0.5) is 0 Å². The molecule has 222 valence electrons. The van der Waals surface area contributed by atoms with Crippen LogP contribution in [-0.2, 0) is 20.6 Å². The molecule has 1 unspecified atom stereocenters. The Labute approximate surface area is 254 Å². The largest absolute Gasteiger partial charge is 0.428 e. The molecule has 0 aliphatic heterocycles. The van der Waals surface area contributed by atoms with Gasteiger partial charge in [0.1, 0.15) is 5.72 Å². The fourth-order valence-electron chi connectivity index (χ4n) is 4.61. The van der Waals surface area contributed by atoms with Crippen LogP contribution in [-0.4, -0.2) is 36.2 Å². The molecular weight excluding hydrogens is 520 g/mol. The Morgan fingerprint density at radius 3 is 1.48 bits per heavy atom. The molecule has 2 rings (SSSR count). The Morgan fingerprint density at radius 1 is 0.667 bits per heavy atom. The highest BCUT2D eigenvalue weighted by Crippen LogP contribution is 2.45. The zero-order valence-corrected chi connectivity index (χ0v) is 26.5. The van der Waals surface area contributed by atoms with Gasteiger partial charge in [-0.1, -0.05) is 99.2 Å². The third kappa shape index (κ3) is 8.90. The zero-order chi connectivity index (χ0) is 31.9. The van der Waals surface area contributed by atoms with Crippen LogP contribution in [0, 0.1) is 0 Å². The van der Waals surface area contributed by atoms with Crippen molar-refractivity contribution in [3.8, 4) is 11.1 Å². The molecule has 0 amide bonds. The highest BCUT2D eigenvalue weighted by molar-refractivity contribution is 6.31. The molecular formula is C35H47B2NO4. The number of hydrogen-bond acceptors (Lipinski definition) is 5. The number of benzene rings is 2. The van der Waals surface area contributed by atoms with Crippen LogP contribution in [0.3, 0.4) is 0 Å². The van der Waals surface area contributed by atoms with E-state index in [1.807, 2.05) is 68.5 Å². The van der Waals surface area contributed by atoms with E-state index in [4.69, 9.17) is 15.0 Å². The molecule has 0 aliphatic rings. The number of nitrogens with two attached hydrogens (primary N) is 1. The molecule has 0 spiro atoms. The molecule has 5 nitrogen and oxygen atoms in total. The normalized spacial score (nSPS) is 14.0. The molecule has 0 fully saturated rings. The van der Waals surface area contributed by atoms with Gasteiger partial charge in [0.05, 0.1) is 16.6 Å². The first-order valence-corrected chi connectivity index (χ1v) is 14.1. The number of hydrogen-bond donors (Lipinski definition) is 3. The maximum atomic E-state index is 10.5. The zero-order valence-electron chi connectivity index (χ0n) is 26.5. The van der Waals surface area contributed by atoms with E-state index >= 15 is 0 Å². The first-order chi connectivity index (χ1) is 19.4. The molecule has 42 heavy (non-hydrogen) atoms. The molecule has 7 heteroatoms. The first kappa shape index (κ1) is 35.0. The van der Waals surface area contributed by atoms with Crippen molar-refractivity contribution in [3.63, 3.8) is 0 Å². The lowest BCUT2D eigenvalue weighted by Gasteiger charge is -2.36. The van der Waals surface area contributed by atoms with Gasteiger partial charge in [0, 0.05) is 5.56 Å². The summed E-state index contributed by atoms with van der Waals surface area (Å²) in [5, 5.41) is 21.0. The van der Waals surface area contributed by atoms with E-state index in [0.29, 0.717) is 5.56 Å². The van der Waals surface area contributed by atoms with Gasteiger partial charge < -0.3 is 25.3 Å². The second-order valence-electron chi connectivity index (χ2n) is 12.4. The Kier molecular flexibility index (Phi) is 11.5. The average Bonchev–Trinajstić information content (AvgIpc) is 2.91. The van der Waals surface area contributed by atoms with Gasteiger partial charge in [-0.05, 0) is 87.4 Å². The van der Waals surface area contributed by atoms with Gasteiger partial charge in [-0.3, -0.25) is 0 Å². The summed E-state index contributed by atoms with van der Waals surface area (Å²) in [6, 6.07) is 7.93. The quantitative estimate of drug-likeness (QED) is 0.128. The smallest absolute Gasteiger partial charge is 0.309 e. The molecule has 0 aromatic heterocycles. The highest BCUT2D eigenvalue weighted by Gasteiger charge is 2.35. The van der Waals surface area contributed by atoms with Crippen molar-refractivity contribution in [2.45, 2.75) is 70.8 Å². The third-order valence-electron chi connectivity index (χ3n) is 6.74. The molecule has 0 aliphatic carbocycles. The van der Waals surface area contributed by atoms with Gasteiger partial charge in [0.2, 0.25) is 0 Å². The Hall–Kier alpha value is -3.19. The van der Waals surface area contributed by atoms with Crippen molar-refractivity contribution in [1.29, 1.82) is 0 Å². The van der Waals surface area contributed by atoms with Crippen molar-refractivity contribution >= 4 is 39.3 Å². The van der Waals surface area contributed by atoms with E-state index in [0.717, 1.165) is 38.9 Å². The van der Waals surface area contributed by atoms with Crippen LogP contribution in [0.1, 0.15) is 81.8 Å². The molecule has 0 heterocycles. The predicted octanol–water partition coefficient (Wildman–Crippen LogP) is 6.60. The predicted molar refractivity (Wildman–Crippen MR) is 184 cm³/mol. The summed E-state index contributed by atoms with van der Waals surface area (Å²) in [4.78, 5) is 0. The summed E-state index contributed by atoms with van der Waals surface area (Å²) in [6.07, 6.45) is 14.8. The Balaban J connectivity index is 3.23. The fraction of sp³-hybridized carbons (Fsp3) is 0.314. The summed E-state index contributed by atoms with van der Waals surface area (Å²) in [7, 11) is 0.135. The van der Waals surface area contributed by atoms with Crippen molar-refractivity contribution in [3.05, 3.63) is 108 Å². The van der Waals surface area contributed by atoms with E-state index in [1.54, 1.807) is 52.8 Å². The van der Waals surface area contributed by atoms with Gasteiger partial charge in [0.25, 0.3) is 0 Å². The van der Waals surface area contributed by atoms with Crippen molar-refractivity contribution < 1.29 is 19.5 Å². The second-order valence-corrected chi connectivity index (χ2v) is 12.4.